The van der Waals surface area contributed by atoms with Crippen molar-refractivity contribution in [1.29, 1.82) is 0 Å². The van der Waals surface area contributed by atoms with E-state index in [-0.39, 0.29) is 0 Å². The highest BCUT2D eigenvalue weighted by Gasteiger charge is 2.06. The third kappa shape index (κ3) is 5.26. The molecule has 1 nitrogen and oxygen atoms in total. The van der Waals surface area contributed by atoms with Crippen LogP contribution < -0.4 is 0 Å². The van der Waals surface area contributed by atoms with E-state index >= 15 is 0 Å². The largest absolute Gasteiger partial charge is 0.505 e. The molecule has 0 amide bonds. The average Bonchev–Trinajstić information content (AvgIpc) is 2.34. The summed E-state index contributed by atoms with van der Waals surface area (Å²) >= 11 is 1.90. The first-order chi connectivity index (χ1) is 7.86. The van der Waals surface area contributed by atoms with Crippen LogP contribution in [0.5, 0.6) is 0 Å². The molecule has 2 heteroatoms. The van der Waals surface area contributed by atoms with Crippen LogP contribution >= 0.6 is 11.8 Å². The number of benzene rings is 1. The quantitative estimate of drug-likeness (QED) is 0.509. The first-order valence-corrected chi connectivity index (χ1v) is 6.66. The number of hydrogen-bond acceptors (Lipinski definition) is 2. The molecule has 0 fully saturated rings. The smallest absolute Gasteiger partial charge is 0.0795 e. The minimum absolute atomic E-state index is 0.516. The molecular weight excluding hydrogens is 216 g/mol. The van der Waals surface area contributed by atoms with Crippen molar-refractivity contribution in [3.8, 4) is 0 Å². The Bertz CT molecular complexity index is 295. The average molecular weight is 236 g/mol. The molecule has 0 aliphatic rings. The summed E-state index contributed by atoms with van der Waals surface area (Å²) < 4.78 is 5.00. The van der Waals surface area contributed by atoms with Gasteiger partial charge in [0.25, 0.3) is 0 Å². The Morgan fingerprint density at radius 2 is 2.06 bits per heavy atom. The second-order valence-electron chi connectivity index (χ2n) is 3.68. The van der Waals surface area contributed by atoms with Crippen molar-refractivity contribution in [3.63, 3.8) is 0 Å². The van der Waals surface area contributed by atoms with Crippen LogP contribution in [-0.4, -0.2) is 12.4 Å². The summed E-state index contributed by atoms with van der Waals surface area (Å²) in [7, 11) is 1.70. The second-order valence-corrected chi connectivity index (χ2v) is 4.99. The Morgan fingerprint density at radius 1 is 1.31 bits per heavy atom. The second kappa shape index (κ2) is 8.28. The van der Waals surface area contributed by atoms with E-state index in [4.69, 9.17) is 4.74 Å². The molecule has 0 N–H and O–H groups in total. The zero-order valence-corrected chi connectivity index (χ0v) is 10.9. The van der Waals surface area contributed by atoms with Gasteiger partial charge in [-0.2, -0.15) is 0 Å². The summed E-state index contributed by atoms with van der Waals surface area (Å²) in [6.07, 6.45) is 7.64. The molecule has 0 aliphatic heterocycles. The minimum Gasteiger partial charge on any atom is -0.505 e. The van der Waals surface area contributed by atoms with Gasteiger partial charge in [-0.15, -0.1) is 11.8 Å². The minimum atomic E-state index is 0.516. The fourth-order valence-electron chi connectivity index (χ4n) is 1.44. The van der Waals surface area contributed by atoms with Gasteiger partial charge in [-0.1, -0.05) is 38.0 Å². The van der Waals surface area contributed by atoms with Crippen LogP contribution in [0.4, 0.5) is 0 Å². The van der Waals surface area contributed by atoms with Gasteiger partial charge in [0, 0.05) is 10.1 Å². The van der Waals surface area contributed by atoms with E-state index < -0.39 is 0 Å². The van der Waals surface area contributed by atoms with Crippen LogP contribution in [0.15, 0.2) is 47.6 Å². The van der Waals surface area contributed by atoms with E-state index in [1.807, 2.05) is 11.8 Å². The molecule has 1 atom stereocenters. The topological polar surface area (TPSA) is 9.23 Å². The Kier molecular flexibility index (Phi) is 6.82. The molecule has 0 bridgehead atoms. The van der Waals surface area contributed by atoms with Crippen molar-refractivity contribution in [2.24, 2.45) is 0 Å². The highest BCUT2D eigenvalue weighted by atomic mass is 32.2. The van der Waals surface area contributed by atoms with Crippen molar-refractivity contribution in [3.05, 3.63) is 42.7 Å². The van der Waals surface area contributed by atoms with E-state index in [1.54, 1.807) is 13.4 Å². The Labute approximate surface area is 103 Å². The Hall–Kier alpha value is -0.890. The fraction of sp³-hybridized carbons (Fsp3) is 0.429. The first-order valence-electron chi connectivity index (χ1n) is 5.78. The van der Waals surface area contributed by atoms with Gasteiger partial charge in [-0.3, -0.25) is 0 Å². The van der Waals surface area contributed by atoms with E-state index in [2.05, 4.69) is 43.3 Å². The maximum absolute atomic E-state index is 5.00. The number of unbranched alkanes of at least 4 members (excludes halogenated alkanes) is 1. The van der Waals surface area contributed by atoms with Crippen molar-refractivity contribution >= 4 is 11.8 Å². The molecular formula is C14H20OS. The lowest BCUT2D eigenvalue weighted by Crippen LogP contribution is -1.98. The molecule has 0 radical (unpaired) electrons. The summed E-state index contributed by atoms with van der Waals surface area (Å²) in [5.41, 5.74) is 0. The number of hydrogen-bond donors (Lipinski definition) is 0. The molecule has 1 aromatic rings. The lowest BCUT2D eigenvalue weighted by molar-refractivity contribution is 0.336. The summed E-state index contributed by atoms with van der Waals surface area (Å²) in [4.78, 5) is 1.32. The molecule has 0 aliphatic carbocycles. The van der Waals surface area contributed by atoms with Crippen LogP contribution in [0.25, 0.3) is 0 Å². The summed E-state index contributed by atoms with van der Waals surface area (Å²) in [6, 6.07) is 10.5. The van der Waals surface area contributed by atoms with E-state index in [0.29, 0.717) is 5.25 Å². The zero-order valence-electron chi connectivity index (χ0n) is 10.1. The van der Waals surface area contributed by atoms with Gasteiger partial charge in [0.2, 0.25) is 0 Å². The Balaban J connectivity index is 2.52. The van der Waals surface area contributed by atoms with Crippen molar-refractivity contribution in [2.45, 2.75) is 36.3 Å². The molecule has 0 saturated carbocycles. The number of rotatable bonds is 7. The molecule has 88 valence electrons. The van der Waals surface area contributed by atoms with Crippen LogP contribution in [0.2, 0.25) is 0 Å². The van der Waals surface area contributed by atoms with Crippen LogP contribution in [0.3, 0.4) is 0 Å². The fourth-order valence-corrected chi connectivity index (χ4v) is 2.53. The molecule has 1 rings (SSSR count). The van der Waals surface area contributed by atoms with Crippen LogP contribution in [-0.2, 0) is 4.74 Å². The third-order valence-corrected chi connectivity index (χ3v) is 3.54. The standard InChI is InChI=1S/C14H20OS/c1-3-4-8-14(11-12-15-2)16-13-9-6-5-7-10-13/h5-7,9-12,14H,3-4,8H2,1-2H3/b12-11+. The monoisotopic (exact) mass is 236 g/mol. The van der Waals surface area contributed by atoms with E-state index in [9.17, 15) is 0 Å². The van der Waals surface area contributed by atoms with Gasteiger partial charge in [0.05, 0.1) is 13.4 Å². The molecule has 1 unspecified atom stereocenters. The Morgan fingerprint density at radius 3 is 2.69 bits per heavy atom. The van der Waals surface area contributed by atoms with Crippen molar-refractivity contribution in [2.75, 3.05) is 7.11 Å². The van der Waals surface area contributed by atoms with Gasteiger partial charge in [0.1, 0.15) is 0 Å². The van der Waals surface area contributed by atoms with Gasteiger partial charge >= 0.3 is 0 Å². The maximum atomic E-state index is 5.00. The van der Waals surface area contributed by atoms with Crippen LogP contribution in [0, 0.1) is 0 Å². The van der Waals surface area contributed by atoms with Gasteiger partial charge in [-0.05, 0) is 24.6 Å². The number of methoxy groups -OCH3 is 1. The molecule has 0 heterocycles. The molecule has 1 aromatic carbocycles. The number of thioether (sulfide) groups is 1. The third-order valence-electron chi connectivity index (χ3n) is 2.30. The zero-order chi connectivity index (χ0) is 11.6. The SMILES string of the molecule is CCCCC(/C=C/OC)Sc1ccccc1. The van der Waals surface area contributed by atoms with Crippen LogP contribution in [0.1, 0.15) is 26.2 Å². The van der Waals surface area contributed by atoms with Gasteiger partial charge < -0.3 is 4.74 Å². The predicted molar refractivity (Wildman–Crippen MR) is 71.8 cm³/mol. The number of ether oxygens (including phenoxy) is 1. The molecule has 0 spiro atoms. The van der Waals surface area contributed by atoms with E-state index in [0.717, 1.165) is 0 Å². The van der Waals surface area contributed by atoms with Crippen molar-refractivity contribution < 1.29 is 4.74 Å². The first kappa shape index (κ1) is 13.2. The lowest BCUT2D eigenvalue weighted by Gasteiger charge is -2.11. The molecule has 0 saturated heterocycles. The maximum Gasteiger partial charge on any atom is 0.0795 e. The normalized spacial score (nSPS) is 12.9. The predicted octanol–water partition coefficient (Wildman–Crippen LogP) is 4.50. The summed E-state index contributed by atoms with van der Waals surface area (Å²) in [5.74, 6) is 0. The van der Waals surface area contributed by atoms with Crippen molar-refractivity contribution in [1.82, 2.24) is 0 Å². The highest BCUT2D eigenvalue weighted by Crippen LogP contribution is 2.27. The molecule has 16 heavy (non-hydrogen) atoms. The molecule has 0 aromatic heterocycles. The summed E-state index contributed by atoms with van der Waals surface area (Å²) in [5, 5.41) is 0.516. The van der Waals surface area contributed by atoms with Gasteiger partial charge in [-0.25, -0.2) is 0 Å². The van der Waals surface area contributed by atoms with E-state index in [1.165, 1.54) is 24.2 Å². The summed E-state index contributed by atoms with van der Waals surface area (Å²) in [6.45, 7) is 2.23. The lowest BCUT2D eigenvalue weighted by atomic mass is 10.2. The highest BCUT2D eigenvalue weighted by molar-refractivity contribution is 8.00. The van der Waals surface area contributed by atoms with Gasteiger partial charge in [0.15, 0.2) is 0 Å².